The van der Waals surface area contributed by atoms with E-state index in [2.05, 4.69) is 4.98 Å². The van der Waals surface area contributed by atoms with Crippen LogP contribution in [-0.2, 0) is 44.5 Å². The minimum absolute atomic E-state index is 0.109. The molecule has 2 aromatic rings. The molecule has 1 N–H and O–H groups in total. The Morgan fingerprint density at radius 1 is 1.03 bits per heavy atom. The molecule has 1 aromatic heterocycles. The summed E-state index contributed by atoms with van der Waals surface area (Å²) in [6, 6.07) is 7.95. The monoisotopic (exact) mass is 433 g/mol. The van der Waals surface area contributed by atoms with Crippen molar-refractivity contribution < 1.29 is 38.1 Å². The summed E-state index contributed by atoms with van der Waals surface area (Å²) < 4.78 is 27.5. The zero-order valence-corrected chi connectivity index (χ0v) is 17.8. The van der Waals surface area contributed by atoms with Gasteiger partial charge < -0.3 is 28.7 Å². The van der Waals surface area contributed by atoms with Gasteiger partial charge in [-0.1, -0.05) is 18.2 Å². The number of nitrogens with one attached hydrogen (secondary N) is 1. The van der Waals surface area contributed by atoms with Crippen LogP contribution in [0.3, 0.4) is 0 Å². The van der Waals surface area contributed by atoms with E-state index in [0.717, 1.165) is 16.5 Å². The van der Waals surface area contributed by atoms with Crippen LogP contribution in [0.25, 0.3) is 10.9 Å². The summed E-state index contributed by atoms with van der Waals surface area (Å²) in [5.74, 6) is -1.50. The van der Waals surface area contributed by atoms with E-state index in [4.69, 9.17) is 23.7 Å². The highest BCUT2D eigenvalue weighted by molar-refractivity contribution is 5.83. The molecule has 9 nitrogen and oxygen atoms in total. The van der Waals surface area contributed by atoms with Crippen LogP contribution in [0.2, 0.25) is 0 Å². The second-order valence-corrected chi connectivity index (χ2v) is 7.36. The summed E-state index contributed by atoms with van der Waals surface area (Å²) in [4.78, 5) is 37.5. The van der Waals surface area contributed by atoms with E-state index < -0.39 is 42.5 Å². The van der Waals surface area contributed by atoms with Crippen LogP contribution in [0.4, 0.5) is 0 Å². The number of ether oxygens (including phenoxy) is 5. The molecule has 9 heteroatoms. The molecule has 0 radical (unpaired) electrons. The van der Waals surface area contributed by atoms with Crippen molar-refractivity contribution in [2.24, 2.45) is 0 Å². The molecule has 1 saturated heterocycles. The number of carbonyl (C=O) groups is 3. The van der Waals surface area contributed by atoms with Crippen LogP contribution in [0, 0.1) is 0 Å². The molecular weight excluding hydrogens is 406 g/mol. The maximum Gasteiger partial charge on any atom is 0.303 e. The molecule has 31 heavy (non-hydrogen) atoms. The molecule has 0 amide bonds. The number of fused-ring (bicyclic) bond motifs is 1. The molecule has 1 aromatic carbocycles. The Balaban J connectivity index is 1.67. The lowest BCUT2D eigenvalue weighted by atomic mass is 10.0. The lowest BCUT2D eigenvalue weighted by Gasteiger charge is -2.39. The summed E-state index contributed by atoms with van der Waals surface area (Å²) in [6.07, 6.45) is -0.423. The van der Waals surface area contributed by atoms with Gasteiger partial charge in [0.2, 0.25) is 0 Å². The Kier molecular flexibility index (Phi) is 7.64. The average Bonchev–Trinajstić information content (AvgIpc) is 3.11. The van der Waals surface area contributed by atoms with Crippen molar-refractivity contribution in [2.45, 2.75) is 58.2 Å². The molecule has 1 aliphatic heterocycles. The molecule has 0 spiro atoms. The van der Waals surface area contributed by atoms with Gasteiger partial charge in [0.15, 0.2) is 12.4 Å². The van der Waals surface area contributed by atoms with E-state index >= 15 is 0 Å². The van der Waals surface area contributed by atoms with Gasteiger partial charge in [-0.25, -0.2) is 0 Å². The molecule has 0 aliphatic carbocycles. The first-order valence-electron chi connectivity index (χ1n) is 10.1. The van der Waals surface area contributed by atoms with Gasteiger partial charge in [0.1, 0.15) is 18.8 Å². The van der Waals surface area contributed by atoms with E-state index in [0.29, 0.717) is 13.0 Å². The number of benzene rings is 1. The fraction of sp³-hybridized carbons (Fsp3) is 0.500. The zero-order chi connectivity index (χ0) is 22.4. The smallest absolute Gasteiger partial charge is 0.303 e. The molecule has 0 bridgehead atoms. The molecule has 4 atom stereocenters. The Morgan fingerprint density at radius 3 is 2.45 bits per heavy atom. The van der Waals surface area contributed by atoms with Crippen LogP contribution in [0.15, 0.2) is 30.5 Å². The predicted octanol–water partition coefficient (Wildman–Crippen LogP) is 2.27. The highest BCUT2D eigenvalue weighted by Gasteiger charge is 2.42. The lowest BCUT2D eigenvalue weighted by molar-refractivity contribution is -0.277. The molecule has 2 heterocycles. The number of H-pyrrole nitrogens is 1. The van der Waals surface area contributed by atoms with Crippen LogP contribution < -0.4 is 0 Å². The normalized spacial score (nSPS) is 23.3. The van der Waals surface area contributed by atoms with Crippen molar-refractivity contribution in [1.82, 2.24) is 4.98 Å². The molecule has 1 fully saturated rings. The fourth-order valence-electron chi connectivity index (χ4n) is 3.61. The van der Waals surface area contributed by atoms with Gasteiger partial charge in [-0.3, -0.25) is 14.4 Å². The summed E-state index contributed by atoms with van der Waals surface area (Å²) in [5.41, 5.74) is 2.12. The number of rotatable bonds is 8. The molecule has 168 valence electrons. The van der Waals surface area contributed by atoms with E-state index in [-0.39, 0.29) is 13.0 Å². The minimum Gasteiger partial charge on any atom is -0.463 e. The fourth-order valence-corrected chi connectivity index (χ4v) is 3.61. The summed E-state index contributed by atoms with van der Waals surface area (Å²) in [6.45, 7) is 4.04. The number of carbonyl (C=O) groups excluding carboxylic acids is 3. The van der Waals surface area contributed by atoms with E-state index in [1.54, 1.807) is 0 Å². The van der Waals surface area contributed by atoms with Crippen molar-refractivity contribution in [2.75, 3.05) is 13.2 Å². The van der Waals surface area contributed by atoms with E-state index in [9.17, 15) is 14.4 Å². The Hall–Kier alpha value is -2.91. The first-order chi connectivity index (χ1) is 14.8. The van der Waals surface area contributed by atoms with Crippen LogP contribution in [0.5, 0.6) is 0 Å². The van der Waals surface area contributed by atoms with Gasteiger partial charge >= 0.3 is 17.9 Å². The Bertz CT molecular complexity index is 923. The number of aromatic nitrogens is 1. The second-order valence-electron chi connectivity index (χ2n) is 7.36. The van der Waals surface area contributed by atoms with Gasteiger partial charge in [-0.05, 0) is 18.1 Å². The second kappa shape index (κ2) is 10.4. The lowest BCUT2D eigenvalue weighted by Crippen LogP contribution is -2.53. The van der Waals surface area contributed by atoms with Gasteiger partial charge in [0, 0.05) is 44.3 Å². The molecule has 0 saturated carbocycles. The molecular formula is C22H27NO8. The largest absolute Gasteiger partial charge is 0.463 e. The van der Waals surface area contributed by atoms with Gasteiger partial charge in [-0.15, -0.1) is 0 Å². The Morgan fingerprint density at radius 2 is 1.74 bits per heavy atom. The van der Waals surface area contributed by atoms with Crippen LogP contribution >= 0.6 is 0 Å². The van der Waals surface area contributed by atoms with Gasteiger partial charge in [0.05, 0.1) is 6.61 Å². The third-order valence-electron chi connectivity index (χ3n) is 4.91. The first-order valence-corrected chi connectivity index (χ1v) is 10.1. The predicted molar refractivity (Wildman–Crippen MR) is 109 cm³/mol. The van der Waals surface area contributed by atoms with E-state index in [1.807, 2.05) is 30.5 Å². The van der Waals surface area contributed by atoms with Crippen molar-refractivity contribution in [3.05, 3.63) is 36.0 Å². The molecule has 3 rings (SSSR count). The zero-order valence-electron chi connectivity index (χ0n) is 17.8. The number of aromatic amines is 1. The third kappa shape index (κ3) is 6.28. The maximum atomic E-state index is 11.6. The number of para-hydroxylation sites is 1. The third-order valence-corrected chi connectivity index (χ3v) is 4.91. The van der Waals surface area contributed by atoms with Crippen LogP contribution in [0.1, 0.15) is 32.8 Å². The average molecular weight is 433 g/mol. The summed E-state index contributed by atoms with van der Waals surface area (Å²) in [7, 11) is 0. The summed E-state index contributed by atoms with van der Waals surface area (Å²) >= 11 is 0. The van der Waals surface area contributed by atoms with Gasteiger partial charge in [-0.2, -0.15) is 0 Å². The minimum atomic E-state index is -0.888. The van der Waals surface area contributed by atoms with Crippen molar-refractivity contribution in [1.29, 1.82) is 0 Å². The maximum absolute atomic E-state index is 11.6. The summed E-state index contributed by atoms with van der Waals surface area (Å²) in [5, 5.41) is 1.11. The van der Waals surface area contributed by atoms with Gasteiger partial charge in [0.25, 0.3) is 0 Å². The van der Waals surface area contributed by atoms with Crippen molar-refractivity contribution in [3.8, 4) is 0 Å². The van der Waals surface area contributed by atoms with E-state index in [1.165, 1.54) is 20.8 Å². The highest BCUT2D eigenvalue weighted by atomic mass is 16.7. The number of hydrogen-bond donors (Lipinski definition) is 1. The number of esters is 3. The topological polar surface area (TPSA) is 113 Å². The highest BCUT2D eigenvalue weighted by Crippen LogP contribution is 2.27. The standard InChI is InChI=1S/C22H27NO8/c1-13(24)28-12-21-19(29-14(2)25)10-20(30-15(3)26)22(31-21)27-9-8-16-11-23-18-7-5-4-6-17(16)18/h4-7,11,19-23H,8-10,12H2,1-3H3/t19-,20+,21+,22-/m0/s1. The van der Waals surface area contributed by atoms with Crippen molar-refractivity contribution in [3.63, 3.8) is 0 Å². The quantitative estimate of drug-likeness (QED) is 0.498. The molecule has 1 aliphatic rings. The van der Waals surface area contributed by atoms with Crippen molar-refractivity contribution >= 4 is 28.8 Å². The number of hydrogen-bond acceptors (Lipinski definition) is 8. The Labute approximate surface area is 179 Å². The SMILES string of the molecule is CC(=O)OC[C@H]1O[C@H](OCCc2c[nH]c3ccccc23)[C@H](OC(C)=O)C[C@@H]1OC(C)=O. The molecule has 0 unspecified atom stereocenters. The first kappa shape index (κ1) is 22.8. The van der Waals surface area contributed by atoms with Crippen LogP contribution in [-0.4, -0.2) is 60.7 Å².